The number of carbonyl (C=O) groups excluding carboxylic acids is 1. The number of aliphatic hydroxyl groups excluding tert-OH is 1. The van der Waals surface area contributed by atoms with Gasteiger partial charge in [0.2, 0.25) is 0 Å². The van der Waals surface area contributed by atoms with Crippen LogP contribution in [0.1, 0.15) is 19.8 Å². The minimum atomic E-state index is -3.02. The van der Waals surface area contributed by atoms with Gasteiger partial charge < -0.3 is 20.5 Å². The highest BCUT2D eigenvalue weighted by Crippen LogP contribution is 2.38. The number of allylic oxidation sites excluding steroid dienone is 1. The monoisotopic (exact) mass is 545 g/mol. The molecule has 202 valence electrons. The summed E-state index contributed by atoms with van der Waals surface area (Å²) >= 11 is 1.45. The van der Waals surface area contributed by atoms with Crippen LogP contribution in [0.15, 0.2) is 58.0 Å². The van der Waals surface area contributed by atoms with E-state index in [1.165, 1.54) is 17.8 Å². The minimum absolute atomic E-state index is 0.0359. The number of hydrazine groups is 1. The molecule has 0 radical (unpaired) electrons. The molecule has 1 unspecified atom stereocenters. The number of aliphatic imine (C=N–C) groups is 1. The molecule has 1 aliphatic carbocycles. The van der Waals surface area contributed by atoms with E-state index >= 15 is 0 Å². The van der Waals surface area contributed by atoms with E-state index in [-0.39, 0.29) is 29.8 Å². The van der Waals surface area contributed by atoms with Gasteiger partial charge >= 0.3 is 6.61 Å². The van der Waals surface area contributed by atoms with E-state index in [0.29, 0.717) is 54.3 Å². The molecule has 4 N–H and O–H groups in total. The van der Waals surface area contributed by atoms with Crippen LogP contribution in [0, 0.1) is 0 Å². The van der Waals surface area contributed by atoms with Crippen molar-refractivity contribution in [2.75, 3.05) is 18.1 Å². The number of nitrogens with zero attached hydrogens (tertiary/aromatic N) is 4. The topological polar surface area (TPSA) is 116 Å². The SMILES string of the molecule is CSc1ccc(OC(F)F)c(-c2nn(CCN[C@H]3C[C@H](O)C3)cc2NC(=O)C2=C3N=CC=CN3NC2C)c1. The lowest BCUT2D eigenvalue weighted by molar-refractivity contribution is -0.113. The zero-order valence-corrected chi connectivity index (χ0v) is 21.7. The summed E-state index contributed by atoms with van der Waals surface area (Å²) < 4.78 is 33.0. The number of carbonyl (C=O) groups is 1. The Morgan fingerprint density at radius 1 is 1.37 bits per heavy atom. The number of fused-ring (bicyclic) bond motifs is 1. The quantitative estimate of drug-likeness (QED) is 0.337. The molecular weight excluding hydrogens is 516 g/mol. The molecule has 2 aliphatic heterocycles. The molecule has 0 bridgehead atoms. The molecule has 10 nitrogen and oxygen atoms in total. The summed E-state index contributed by atoms with van der Waals surface area (Å²) in [4.78, 5) is 18.6. The molecule has 1 saturated carbocycles. The Labute approximate surface area is 222 Å². The van der Waals surface area contributed by atoms with Crippen LogP contribution in [-0.2, 0) is 11.3 Å². The fourth-order valence-electron chi connectivity index (χ4n) is 4.61. The number of anilines is 1. The Bertz CT molecular complexity index is 1290. The molecule has 2 aromatic rings. The number of ether oxygens (including phenoxy) is 1. The number of aromatic nitrogens is 2. The summed E-state index contributed by atoms with van der Waals surface area (Å²) in [7, 11) is 0. The fraction of sp³-hybridized carbons (Fsp3) is 0.400. The van der Waals surface area contributed by atoms with Crippen LogP contribution in [0.2, 0.25) is 0 Å². The predicted octanol–water partition coefficient (Wildman–Crippen LogP) is 2.94. The maximum Gasteiger partial charge on any atom is 0.387 e. The summed E-state index contributed by atoms with van der Waals surface area (Å²) in [5.74, 6) is 0.0744. The second-order valence-corrected chi connectivity index (χ2v) is 10.1. The number of hydrogen-bond acceptors (Lipinski definition) is 9. The standard InChI is InChI=1S/C25H29F2N7O3S/c1-14-21(23-29-6-3-8-34(23)31-14)24(36)30-19-13-33(9-7-28-15-10-16(35)11-15)32-22(19)18-12-17(38-2)4-5-20(18)37-25(26)27/h3-6,8,12-16,25,28,31,35H,7,9-11H2,1-2H3,(H,30,36)/t14?,15-,16-. The van der Waals surface area contributed by atoms with Crippen molar-refractivity contribution >= 4 is 29.6 Å². The zero-order chi connectivity index (χ0) is 26.8. The van der Waals surface area contributed by atoms with Gasteiger partial charge in [0.1, 0.15) is 11.4 Å². The highest BCUT2D eigenvalue weighted by atomic mass is 32.2. The highest BCUT2D eigenvalue weighted by Gasteiger charge is 2.33. The van der Waals surface area contributed by atoms with Gasteiger partial charge in [-0.1, -0.05) is 0 Å². The Morgan fingerprint density at radius 3 is 2.92 bits per heavy atom. The summed E-state index contributed by atoms with van der Waals surface area (Å²) in [6.07, 6.45) is 9.86. The van der Waals surface area contributed by atoms with Crippen LogP contribution in [-0.4, -0.2) is 69.6 Å². The fourth-order valence-corrected chi connectivity index (χ4v) is 5.05. The first kappa shape index (κ1) is 26.4. The minimum Gasteiger partial charge on any atom is -0.434 e. The number of aliphatic hydroxyl groups is 1. The van der Waals surface area contributed by atoms with E-state index in [0.717, 1.165) is 4.90 Å². The first-order chi connectivity index (χ1) is 18.3. The highest BCUT2D eigenvalue weighted by molar-refractivity contribution is 7.98. The number of alkyl halides is 2. The maximum atomic E-state index is 13.5. The van der Waals surface area contributed by atoms with Crippen LogP contribution >= 0.6 is 11.8 Å². The lowest BCUT2D eigenvalue weighted by Crippen LogP contribution is -2.45. The second-order valence-electron chi connectivity index (χ2n) is 9.20. The lowest BCUT2D eigenvalue weighted by Gasteiger charge is -2.32. The third-order valence-corrected chi connectivity index (χ3v) is 7.28. The van der Waals surface area contributed by atoms with Crippen molar-refractivity contribution in [3.8, 4) is 17.0 Å². The molecule has 5 rings (SSSR count). The van der Waals surface area contributed by atoms with E-state index in [9.17, 15) is 18.7 Å². The largest absolute Gasteiger partial charge is 0.434 e. The number of rotatable bonds is 10. The number of nitrogens with one attached hydrogen (secondary N) is 3. The average Bonchev–Trinajstić information content (AvgIpc) is 3.42. The van der Waals surface area contributed by atoms with E-state index in [2.05, 4.69) is 26.2 Å². The molecule has 3 heterocycles. The molecule has 0 spiro atoms. The molecule has 1 aromatic heterocycles. The maximum absolute atomic E-state index is 13.5. The van der Waals surface area contributed by atoms with E-state index < -0.39 is 6.61 Å². The summed E-state index contributed by atoms with van der Waals surface area (Å²) in [6.45, 7) is -0.106. The van der Waals surface area contributed by atoms with Gasteiger partial charge in [0.15, 0.2) is 5.82 Å². The number of halogens is 2. The average molecular weight is 546 g/mol. The number of amides is 1. The van der Waals surface area contributed by atoms with Gasteiger partial charge in [0.25, 0.3) is 5.91 Å². The molecule has 1 aromatic carbocycles. The second kappa shape index (κ2) is 11.2. The van der Waals surface area contributed by atoms with Gasteiger partial charge in [-0.05, 0) is 50.3 Å². The number of benzene rings is 1. The molecule has 3 aliphatic rings. The van der Waals surface area contributed by atoms with Crippen LogP contribution in [0.25, 0.3) is 11.3 Å². The Kier molecular flexibility index (Phi) is 7.79. The third-order valence-electron chi connectivity index (χ3n) is 6.55. The van der Waals surface area contributed by atoms with Crippen molar-refractivity contribution in [1.82, 2.24) is 25.5 Å². The Morgan fingerprint density at radius 2 is 2.18 bits per heavy atom. The smallest absolute Gasteiger partial charge is 0.387 e. The van der Waals surface area contributed by atoms with Gasteiger partial charge in [-0.3, -0.25) is 14.5 Å². The normalized spacial score (nSPS) is 22.2. The van der Waals surface area contributed by atoms with Crippen molar-refractivity contribution in [2.45, 2.75) is 56.0 Å². The Balaban J connectivity index is 1.46. The van der Waals surface area contributed by atoms with Crippen LogP contribution in [0.5, 0.6) is 5.75 Å². The van der Waals surface area contributed by atoms with E-state index in [1.54, 1.807) is 46.5 Å². The summed E-state index contributed by atoms with van der Waals surface area (Å²) in [5, 5.41) is 22.1. The lowest BCUT2D eigenvalue weighted by atomic mass is 9.90. The van der Waals surface area contributed by atoms with Crippen molar-refractivity contribution < 1.29 is 23.4 Å². The zero-order valence-electron chi connectivity index (χ0n) is 20.9. The van der Waals surface area contributed by atoms with Gasteiger partial charge in [-0.2, -0.15) is 13.9 Å². The molecule has 1 fully saturated rings. The molecule has 38 heavy (non-hydrogen) atoms. The molecule has 0 saturated heterocycles. The van der Waals surface area contributed by atoms with E-state index in [4.69, 9.17) is 4.74 Å². The van der Waals surface area contributed by atoms with Crippen molar-refractivity contribution in [3.63, 3.8) is 0 Å². The van der Waals surface area contributed by atoms with Gasteiger partial charge in [0.05, 0.1) is 30.0 Å². The summed E-state index contributed by atoms with van der Waals surface area (Å²) in [6, 6.07) is 4.85. The molecular formula is C25H29F2N7O3S. The molecule has 13 heteroatoms. The van der Waals surface area contributed by atoms with Crippen molar-refractivity contribution in [1.29, 1.82) is 0 Å². The van der Waals surface area contributed by atoms with Crippen molar-refractivity contribution in [2.24, 2.45) is 4.99 Å². The van der Waals surface area contributed by atoms with Crippen LogP contribution < -0.4 is 20.8 Å². The predicted molar refractivity (Wildman–Crippen MR) is 141 cm³/mol. The van der Waals surface area contributed by atoms with Gasteiger partial charge in [-0.15, -0.1) is 11.8 Å². The van der Waals surface area contributed by atoms with Crippen LogP contribution in [0.4, 0.5) is 14.5 Å². The van der Waals surface area contributed by atoms with Crippen molar-refractivity contribution in [3.05, 3.63) is 48.1 Å². The van der Waals surface area contributed by atoms with E-state index in [1.807, 2.05) is 13.2 Å². The summed E-state index contributed by atoms with van der Waals surface area (Å²) in [5.41, 5.74) is 4.63. The van der Waals surface area contributed by atoms with Gasteiger partial charge in [-0.25, -0.2) is 10.4 Å². The number of thioether (sulfide) groups is 1. The first-order valence-corrected chi connectivity index (χ1v) is 13.5. The Hall–Kier alpha value is -3.26. The van der Waals surface area contributed by atoms with Crippen LogP contribution in [0.3, 0.4) is 0 Å². The third kappa shape index (κ3) is 5.60. The number of hydrogen-bond donors (Lipinski definition) is 4. The molecule has 1 amide bonds. The first-order valence-electron chi connectivity index (χ1n) is 12.3. The van der Waals surface area contributed by atoms with Gasteiger partial charge in [0, 0.05) is 41.7 Å². The molecule has 1 atom stereocenters.